The van der Waals surface area contributed by atoms with Gasteiger partial charge in [0, 0.05) is 10.2 Å². The Labute approximate surface area is 131 Å². The quantitative estimate of drug-likeness (QED) is 0.736. The molecule has 0 aromatic heterocycles. The number of hydrogen-bond acceptors (Lipinski definition) is 3. The van der Waals surface area contributed by atoms with Crippen LogP contribution in [0.25, 0.3) is 0 Å². The molecule has 0 radical (unpaired) electrons. The molecule has 0 aliphatic rings. The van der Waals surface area contributed by atoms with E-state index in [1.165, 1.54) is 12.1 Å². The zero-order valence-electron chi connectivity index (χ0n) is 11.3. The van der Waals surface area contributed by atoms with E-state index in [1.807, 2.05) is 12.1 Å². The SMILES string of the molecule is CC(NC(=O)Nc1cccc(Br)c1)Oc1ccc(O)cc1. The van der Waals surface area contributed by atoms with Gasteiger partial charge in [0.2, 0.25) is 0 Å². The van der Waals surface area contributed by atoms with E-state index in [9.17, 15) is 9.90 Å². The van der Waals surface area contributed by atoms with E-state index >= 15 is 0 Å². The van der Waals surface area contributed by atoms with Crippen LogP contribution in [0.15, 0.2) is 53.0 Å². The Hall–Kier alpha value is -2.21. The number of urea groups is 1. The van der Waals surface area contributed by atoms with Crippen molar-refractivity contribution in [3.05, 3.63) is 53.0 Å². The van der Waals surface area contributed by atoms with Gasteiger partial charge in [-0.05, 0) is 49.4 Å². The fourth-order valence-electron chi connectivity index (χ4n) is 1.68. The topological polar surface area (TPSA) is 70.6 Å². The van der Waals surface area contributed by atoms with Crippen LogP contribution in [0.2, 0.25) is 0 Å². The summed E-state index contributed by atoms with van der Waals surface area (Å²) >= 11 is 3.34. The Morgan fingerprint density at radius 3 is 2.62 bits per heavy atom. The lowest BCUT2D eigenvalue weighted by atomic mass is 10.3. The molecule has 0 aliphatic heterocycles. The van der Waals surface area contributed by atoms with Crippen LogP contribution in [0.3, 0.4) is 0 Å². The third-order valence-electron chi connectivity index (χ3n) is 2.57. The molecular formula is C15H15BrN2O3. The Morgan fingerprint density at radius 2 is 1.95 bits per heavy atom. The zero-order chi connectivity index (χ0) is 15.2. The van der Waals surface area contributed by atoms with E-state index in [2.05, 4.69) is 26.6 Å². The van der Waals surface area contributed by atoms with E-state index in [0.29, 0.717) is 11.4 Å². The zero-order valence-corrected chi connectivity index (χ0v) is 12.9. The van der Waals surface area contributed by atoms with Crippen LogP contribution < -0.4 is 15.4 Å². The molecule has 2 amide bonds. The molecule has 0 saturated carbocycles. The molecule has 1 atom stereocenters. The summed E-state index contributed by atoms with van der Waals surface area (Å²) in [5.41, 5.74) is 0.679. The summed E-state index contributed by atoms with van der Waals surface area (Å²) in [7, 11) is 0. The Morgan fingerprint density at radius 1 is 1.24 bits per heavy atom. The second-order valence-corrected chi connectivity index (χ2v) is 5.28. The van der Waals surface area contributed by atoms with Crippen LogP contribution in [0.5, 0.6) is 11.5 Å². The van der Waals surface area contributed by atoms with E-state index < -0.39 is 6.23 Å². The summed E-state index contributed by atoms with van der Waals surface area (Å²) < 4.78 is 6.39. The molecule has 0 spiro atoms. The standard InChI is InChI=1S/C15H15BrN2O3/c1-10(21-14-7-5-13(19)6-8-14)17-15(20)18-12-4-2-3-11(16)9-12/h2-10,19H,1H3,(H2,17,18,20). The molecule has 3 N–H and O–H groups in total. The molecule has 2 aromatic rings. The van der Waals surface area contributed by atoms with Gasteiger partial charge in [0.05, 0.1) is 0 Å². The second kappa shape index (κ2) is 6.99. The number of phenolic OH excluding ortho intramolecular Hbond substituents is 1. The second-order valence-electron chi connectivity index (χ2n) is 4.36. The third kappa shape index (κ3) is 5.00. The number of nitrogens with one attached hydrogen (secondary N) is 2. The predicted octanol–water partition coefficient (Wildman–Crippen LogP) is 3.70. The molecule has 0 heterocycles. The van der Waals surface area contributed by atoms with Crippen molar-refractivity contribution in [3.63, 3.8) is 0 Å². The number of phenols is 1. The van der Waals surface area contributed by atoms with Crippen molar-refractivity contribution >= 4 is 27.6 Å². The van der Waals surface area contributed by atoms with Gasteiger partial charge in [-0.1, -0.05) is 22.0 Å². The minimum Gasteiger partial charge on any atom is -0.508 e. The number of carbonyl (C=O) groups excluding carboxylic acids is 1. The average molecular weight is 351 g/mol. The van der Waals surface area contributed by atoms with Gasteiger partial charge < -0.3 is 20.5 Å². The summed E-state index contributed by atoms with van der Waals surface area (Å²) in [6.45, 7) is 1.72. The molecule has 6 heteroatoms. The average Bonchev–Trinajstić information content (AvgIpc) is 2.41. The van der Waals surface area contributed by atoms with Crippen LogP contribution in [-0.4, -0.2) is 17.4 Å². The lowest BCUT2D eigenvalue weighted by Gasteiger charge is -2.16. The fourth-order valence-corrected chi connectivity index (χ4v) is 2.08. The number of aromatic hydroxyl groups is 1. The van der Waals surface area contributed by atoms with Gasteiger partial charge >= 0.3 is 6.03 Å². The highest BCUT2D eigenvalue weighted by molar-refractivity contribution is 9.10. The summed E-state index contributed by atoms with van der Waals surface area (Å²) in [5, 5.41) is 14.6. The number of anilines is 1. The van der Waals surface area contributed by atoms with Crippen molar-refractivity contribution < 1.29 is 14.6 Å². The first kappa shape index (κ1) is 15.2. The number of hydrogen-bond donors (Lipinski definition) is 3. The first-order chi connectivity index (χ1) is 10.0. The van der Waals surface area contributed by atoms with E-state index in [0.717, 1.165) is 4.47 Å². The molecule has 110 valence electrons. The van der Waals surface area contributed by atoms with Crippen molar-refractivity contribution in [1.29, 1.82) is 0 Å². The summed E-state index contributed by atoms with van der Waals surface area (Å²) in [6, 6.07) is 13.2. The van der Waals surface area contributed by atoms with Crippen LogP contribution >= 0.6 is 15.9 Å². The smallest absolute Gasteiger partial charge is 0.322 e. The maximum Gasteiger partial charge on any atom is 0.322 e. The molecule has 0 fully saturated rings. The lowest BCUT2D eigenvalue weighted by Crippen LogP contribution is -2.39. The molecular weight excluding hydrogens is 336 g/mol. The molecule has 2 rings (SSSR count). The van der Waals surface area contributed by atoms with Crippen molar-refractivity contribution in [1.82, 2.24) is 5.32 Å². The molecule has 0 bridgehead atoms. The molecule has 2 aromatic carbocycles. The number of rotatable bonds is 4. The minimum absolute atomic E-state index is 0.162. The highest BCUT2D eigenvalue weighted by atomic mass is 79.9. The molecule has 21 heavy (non-hydrogen) atoms. The van der Waals surface area contributed by atoms with Crippen molar-refractivity contribution in [2.24, 2.45) is 0 Å². The monoisotopic (exact) mass is 350 g/mol. The minimum atomic E-state index is -0.512. The van der Waals surface area contributed by atoms with Gasteiger partial charge in [0.1, 0.15) is 11.5 Å². The number of amides is 2. The third-order valence-corrected chi connectivity index (χ3v) is 3.06. The summed E-state index contributed by atoms with van der Waals surface area (Å²) in [4.78, 5) is 11.8. The van der Waals surface area contributed by atoms with Crippen molar-refractivity contribution in [3.8, 4) is 11.5 Å². The van der Waals surface area contributed by atoms with Crippen LogP contribution in [0.4, 0.5) is 10.5 Å². The summed E-state index contributed by atoms with van der Waals surface area (Å²) in [6.07, 6.45) is -0.512. The van der Waals surface area contributed by atoms with Gasteiger partial charge in [0.25, 0.3) is 0 Å². The Kier molecular flexibility index (Phi) is 5.05. The molecule has 5 nitrogen and oxygen atoms in total. The van der Waals surface area contributed by atoms with Gasteiger partial charge in [-0.2, -0.15) is 0 Å². The number of ether oxygens (including phenoxy) is 1. The maximum atomic E-state index is 11.8. The largest absolute Gasteiger partial charge is 0.508 e. The molecule has 0 saturated heterocycles. The maximum absolute atomic E-state index is 11.8. The van der Waals surface area contributed by atoms with Gasteiger partial charge in [-0.25, -0.2) is 4.79 Å². The van der Waals surface area contributed by atoms with E-state index in [-0.39, 0.29) is 11.8 Å². The van der Waals surface area contributed by atoms with Crippen LogP contribution in [0.1, 0.15) is 6.92 Å². The van der Waals surface area contributed by atoms with E-state index in [1.54, 1.807) is 31.2 Å². The number of halogens is 1. The fraction of sp³-hybridized carbons (Fsp3) is 0.133. The normalized spacial score (nSPS) is 11.5. The van der Waals surface area contributed by atoms with Crippen LogP contribution in [-0.2, 0) is 0 Å². The Bertz CT molecular complexity index is 617. The highest BCUT2D eigenvalue weighted by Gasteiger charge is 2.08. The molecule has 1 unspecified atom stereocenters. The van der Waals surface area contributed by atoms with Gasteiger partial charge in [-0.3, -0.25) is 0 Å². The Balaban J connectivity index is 1.86. The number of benzene rings is 2. The van der Waals surface area contributed by atoms with Gasteiger partial charge in [-0.15, -0.1) is 0 Å². The first-order valence-electron chi connectivity index (χ1n) is 6.32. The van der Waals surface area contributed by atoms with E-state index in [4.69, 9.17) is 4.74 Å². The van der Waals surface area contributed by atoms with Gasteiger partial charge in [0.15, 0.2) is 6.23 Å². The summed E-state index contributed by atoms with van der Waals surface area (Å²) in [5.74, 6) is 0.721. The first-order valence-corrected chi connectivity index (χ1v) is 7.11. The van der Waals surface area contributed by atoms with Crippen LogP contribution in [0, 0.1) is 0 Å². The highest BCUT2D eigenvalue weighted by Crippen LogP contribution is 2.17. The molecule has 0 aliphatic carbocycles. The van der Waals surface area contributed by atoms with Crippen molar-refractivity contribution in [2.75, 3.05) is 5.32 Å². The van der Waals surface area contributed by atoms with Crippen molar-refractivity contribution in [2.45, 2.75) is 13.2 Å². The number of carbonyl (C=O) groups is 1. The predicted molar refractivity (Wildman–Crippen MR) is 84.5 cm³/mol. The lowest BCUT2D eigenvalue weighted by molar-refractivity contribution is 0.183.